The molecule has 1 aromatic carbocycles. The molecule has 1 rings (SSSR count). The molecule has 0 unspecified atom stereocenters. The van der Waals surface area contributed by atoms with Gasteiger partial charge in [0.15, 0.2) is 0 Å². The number of benzene rings is 1. The topological polar surface area (TPSA) is 44.1 Å². The highest BCUT2D eigenvalue weighted by Crippen LogP contribution is 2.09. The maximum atomic E-state index is 12.6. The Morgan fingerprint density at radius 1 is 1.38 bits per heavy atom. The van der Waals surface area contributed by atoms with Crippen molar-refractivity contribution in [2.45, 2.75) is 0 Å². The van der Waals surface area contributed by atoms with Gasteiger partial charge in [-0.2, -0.15) is 5.26 Å². The maximum Gasteiger partial charge on any atom is 0.205 e. The predicted octanol–water partition coefficient (Wildman–Crippen LogP) is 1.98. The van der Waals surface area contributed by atoms with E-state index in [2.05, 4.69) is 0 Å². The average Bonchev–Trinajstić information content (AvgIpc) is 2.25. The molecule has 1 aromatic rings. The summed E-state index contributed by atoms with van der Waals surface area (Å²) < 4.78 is 12.6. The average molecular weight is 218 g/mol. The smallest absolute Gasteiger partial charge is 0.205 e. The van der Waals surface area contributed by atoms with Crippen LogP contribution in [0.25, 0.3) is 0 Å². The number of allylic oxidation sites excluding steroid dienone is 1. The first-order chi connectivity index (χ1) is 7.54. The van der Waals surface area contributed by atoms with Gasteiger partial charge in [-0.3, -0.25) is 4.79 Å². The Morgan fingerprint density at radius 3 is 2.38 bits per heavy atom. The minimum Gasteiger partial charge on any atom is -0.382 e. The first-order valence-corrected chi connectivity index (χ1v) is 4.63. The lowest BCUT2D eigenvalue weighted by Gasteiger charge is -2.05. The van der Waals surface area contributed by atoms with Crippen LogP contribution in [0.4, 0.5) is 4.39 Å². The fourth-order valence-electron chi connectivity index (χ4n) is 1.15. The van der Waals surface area contributed by atoms with Crippen LogP contribution in [0.2, 0.25) is 0 Å². The van der Waals surface area contributed by atoms with Gasteiger partial charge in [-0.1, -0.05) is 0 Å². The number of nitriles is 1. The van der Waals surface area contributed by atoms with Gasteiger partial charge in [0.2, 0.25) is 5.78 Å². The molecule has 0 radical (unpaired) electrons. The summed E-state index contributed by atoms with van der Waals surface area (Å²) in [6, 6.07) is 6.93. The fraction of sp³-hybridized carbons (Fsp3) is 0.167. The van der Waals surface area contributed by atoms with E-state index in [-0.39, 0.29) is 5.57 Å². The number of nitrogens with zero attached hydrogens (tertiary/aromatic N) is 2. The van der Waals surface area contributed by atoms with Crippen LogP contribution < -0.4 is 0 Å². The number of carbonyl (C=O) groups excluding carboxylic acids is 1. The van der Waals surface area contributed by atoms with Gasteiger partial charge in [-0.15, -0.1) is 0 Å². The van der Waals surface area contributed by atoms with E-state index in [9.17, 15) is 9.18 Å². The summed E-state index contributed by atoms with van der Waals surface area (Å²) in [4.78, 5) is 13.4. The van der Waals surface area contributed by atoms with Crippen molar-refractivity contribution in [2.75, 3.05) is 14.1 Å². The monoisotopic (exact) mass is 218 g/mol. The Kier molecular flexibility index (Phi) is 3.78. The predicted molar refractivity (Wildman–Crippen MR) is 58.1 cm³/mol. The Hall–Kier alpha value is -2.15. The van der Waals surface area contributed by atoms with Crippen LogP contribution in [0.1, 0.15) is 10.4 Å². The molecule has 0 atom stereocenters. The summed E-state index contributed by atoms with van der Waals surface area (Å²) in [7, 11) is 3.44. The minimum absolute atomic E-state index is 0.0246. The van der Waals surface area contributed by atoms with Crippen molar-refractivity contribution in [3.05, 3.63) is 47.4 Å². The molecule has 82 valence electrons. The van der Waals surface area contributed by atoms with Crippen molar-refractivity contribution < 1.29 is 9.18 Å². The van der Waals surface area contributed by atoms with Crippen LogP contribution in [-0.4, -0.2) is 24.8 Å². The SMILES string of the molecule is CN(C)/C=C(\C#N)C(=O)c1ccc(F)cc1. The molecule has 16 heavy (non-hydrogen) atoms. The standard InChI is InChI=1S/C12H11FN2O/c1-15(2)8-10(7-14)12(16)9-3-5-11(13)6-4-9/h3-6,8H,1-2H3/b10-8+. The van der Waals surface area contributed by atoms with Crippen LogP contribution in [0.15, 0.2) is 36.0 Å². The molecule has 0 aliphatic rings. The van der Waals surface area contributed by atoms with Gasteiger partial charge in [0.25, 0.3) is 0 Å². The highest BCUT2D eigenvalue weighted by molar-refractivity contribution is 6.11. The third kappa shape index (κ3) is 2.92. The van der Waals surface area contributed by atoms with E-state index >= 15 is 0 Å². The van der Waals surface area contributed by atoms with Gasteiger partial charge in [-0.05, 0) is 24.3 Å². The molecule has 0 amide bonds. The minimum atomic E-state index is -0.411. The van der Waals surface area contributed by atoms with E-state index in [4.69, 9.17) is 5.26 Å². The second-order valence-corrected chi connectivity index (χ2v) is 3.45. The number of hydrogen-bond acceptors (Lipinski definition) is 3. The van der Waals surface area contributed by atoms with E-state index in [0.717, 1.165) is 0 Å². The van der Waals surface area contributed by atoms with Crippen molar-refractivity contribution in [1.82, 2.24) is 4.90 Å². The number of halogens is 1. The summed E-state index contributed by atoms with van der Waals surface area (Å²) in [6.07, 6.45) is 1.44. The molecule has 3 nitrogen and oxygen atoms in total. The third-order valence-corrected chi connectivity index (χ3v) is 1.86. The normalized spacial score (nSPS) is 10.8. The fourth-order valence-corrected chi connectivity index (χ4v) is 1.15. The Labute approximate surface area is 93.4 Å². The first kappa shape index (κ1) is 11.9. The Bertz CT molecular complexity index is 455. The van der Waals surface area contributed by atoms with Crippen molar-refractivity contribution in [2.24, 2.45) is 0 Å². The quantitative estimate of drug-likeness (QED) is 0.442. The van der Waals surface area contributed by atoms with E-state index in [1.165, 1.54) is 30.5 Å². The molecule has 0 aliphatic heterocycles. The molecule has 0 aromatic heterocycles. The van der Waals surface area contributed by atoms with Crippen molar-refractivity contribution in [3.63, 3.8) is 0 Å². The molecule has 0 saturated carbocycles. The van der Waals surface area contributed by atoms with Crippen LogP contribution >= 0.6 is 0 Å². The molecule has 0 N–H and O–H groups in total. The Morgan fingerprint density at radius 2 is 1.94 bits per heavy atom. The number of ketones is 1. The molecule has 0 heterocycles. The molecule has 4 heteroatoms. The highest BCUT2D eigenvalue weighted by Gasteiger charge is 2.12. The lowest BCUT2D eigenvalue weighted by Crippen LogP contribution is -2.08. The van der Waals surface area contributed by atoms with Crippen LogP contribution in [0, 0.1) is 17.1 Å². The van der Waals surface area contributed by atoms with Crippen molar-refractivity contribution >= 4 is 5.78 Å². The van der Waals surface area contributed by atoms with Gasteiger partial charge in [-0.25, -0.2) is 4.39 Å². The molecular weight excluding hydrogens is 207 g/mol. The number of Topliss-reactive ketones (excluding diaryl/α,β-unsaturated/α-hetero) is 1. The summed E-state index contributed by atoms with van der Waals surface area (Å²) >= 11 is 0. The van der Waals surface area contributed by atoms with Crippen LogP contribution in [0.3, 0.4) is 0 Å². The van der Waals surface area contributed by atoms with E-state index in [1.54, 1.807) is 19.0 Å². The van der Waals surface area contributed by atoms with Gasteiger partial charge < -0.3 is 4.90 Å². The third-order valence-electron chi connectivity index (χ3n) is 1.86. The largest absolute Gasteiger partial charge is 0.382 e. The zero-order chi connectivity index (χ0) is 12.1. The van der Waals surface area contributed by atoms with E-state index in [1.807, 2.05) is 6.07 Å². The lowest BCUT2D eigenvalue weighted by atomic mass is 10.1. The highest BCUT2D eigenvalue weighted by atomic mass is 19.1. The van der Waals surface area contributed by atoms with Gasteiger partial charge >= 0.3 is 0 Å². The number of rotatable bonds is 3. The number of carbonyl (C=O) groups is 1. The molecule has 0 fully saturated rings. The van der Waals surface area contributed by atoms with Gasteiger partial charge in [0.05, 0.1) is 0 Å². The van der Waals surface area contributed by atoms with Crippen molar-refractivity contribution in [1.29, 1.82) is 5.26 Å². The van der Waals surface area contributed by atoms with Crippen LogP contribution in [0.5, 0.6) is 0 Å². The maximum absolute atomic E-state index is 12.6. The molecule has 0 spiro atoms. The zero-order valence-corrected chi connectivity index (χ0v) is 9.07. The second kappa shape index (κ2) is 5.08. The van der Waals surface area contributed by atoms with E-state index < -0.39 is 11.6 Å². The molecule has 0 bridgehead atoms. The van der Waals surface area contributed by atoms with Crippen LogP contribution in [-0.2, 0) is 0 Å². The summed E-state index contributed by atoms with van der Waals surface area (Å²) in [5.74, 6) is -0.817. The van der Waals surface area contributed by atoms with E-state index in [0.29, 0.717) is 5.56 Å². The molecule has 0 aliphatic carbocycles. The second-order valence-electron chi connectivity index (χ2n) is 3.45. The number of hydrogen-bond donors (Lipinski definition) is 0. The lowest BCUT2D eigenvalue weighted by molar-refractivity contribution is 0.103. The van der Waals surface area contributed by atoms with Gasteiger partial charge in [0, 0.05) is 25.9 Å². The summed E-state index contributed by atoms with van der Waals surface area (Å²) in [6.45, 7) is 0. The summed E-state index contributed by atoms with van der Waals surface area (Å²) in [5, 5.41) is 8.82. The Balaban J connectivity index is 3.02. The first-order valence-electron chi connectivity index (χ1n) is 4.63. The van der Waals surface area contributed by atoms with Crippen molar-refractivity contribution in [3.8, 4) is 6.07 Å². The molecular formula is C12H11FN2O. The summed E-state index contributed by atoms with van der Waals surface area (Å²) in [5.41, 5.74) is 0.327. The molecule has 0 saturated heterocycles. The zero-order valence-electron chi connectivity index (χ0n) is 9.07. The van der Waals surface area contributed by atoms with Gasteiger partial charge in [0.1, 0.15) is 17.5 Å².